The van der Waals surface area contributed by atoms with Gasteiger partial charge in [-0.25, -0.2) is 0 Å². The van der Waals surface area contributed by atoms with Gasteiger partial charge in [-0.3, -0.25) is 4.99 Å². The van der Waals surface area contributed by atoms with E-state index in [1.807, 2.05) is 0 Å². The van der Waals surface area contributed by atoms with E-state index >= 15 is 0 Å². The maximum Gasteiger partial charge on any atom is 0.196 e. The number of hydrogen-bond donors (Lipinski definition) is 0. The van der Waals surface area contributed by atoms with Crippen molar-refractivity contribution in [3.8, 4) is 0 Å². The fourth-order valence-electron chi connectivity index (χ4n) is 1.63. The molecule has 1 rings (SSSR count). The van der Waals surface area contributed by atoms with Crippen molar-refractivity contribution in [2.45, 2.75) is 33.7 Å². The van der Waals surface area contributed by atoms with Crippen molar-refractivity contribution in [3.05, 3.63) is 0 Å². The summed E-state index contributed by atoms with van der Waals surface area (Å²) >= 11 is 0. The zero-order valence-corrected chi connectivity index (χ0v) is 9.25. The predicted octanol–water partition coefficient (Wildman–Crippen LogP) is 1.41. The third-order valence-corrected chi connectivity index (χ3v) is 2.34. The Bertz CT molecular complexity index is 173. The van der Waals surface area contributed by atoms with Crippen LogP contribution in [0.4, 0.5) is 0 Å². The number of guanidine groups is 1. The SMILES string of the molecule is CCN1CCN(CC)C1=NC(C)C. The predicted molar refractivity (Wildman–Crippen MR) is 57.1 cm³/mol. The zero-order chi connectivity index (χ0) is 9.84. The van der Waals surface area contributed by atoms with Gasteiger partial charge >= 0.3 is 0 Å². The average molecular weight is 183 g/mol. The lowest BCUT2D eigenvalue weighted by Crippen LogP contribution is -2.34. The molecule has 0 atom stereocenters. The average Bonchev–Trinajstić information content (AvgIpc) is 2.46. The summed E-state index contributed by atoms with van der Waals surface area (Å²) in [6.07, 6.45) is 0. The summed E-state index contributed by atoms with van der Waals surface area (Å²) in [5.74, 6) is 1.19. The van der Waals surface area contributed by atoms with Crippen LogP contribution in [0.25, 0.3) is 0 Å². The standard InChI is InChI=1S/C10H21N3/c1-5-12-7-8-13(6-2)10(12)11-9(3)4/h9H,5-8H2,1-4H3. The molecule has 0 spiro atoms. The normalized spacial score (nSPS) is 17.5. The van der Waals surface area contributed by atoms with Crippen LogP contribution in [0.2, 0.25) is 0 Å². The van der Waals surface area contributed by atoms with E-state index in [0.717, 1.165) is 26.2 Å². The molecule has 0 N–H and O–H groups in total. The molecule has 0 aliphatic carbocycles. The van der Waals surface area contributed by atoms with Crippen molar-refractivity contribution in [1.29, 1.82) is 0 Å². The minimum absolute atomic E-state index is 0.399. The molecule has 1 fully saturated rings. The van der Waals surface area contributed by atoms with E-state index < -0.39 is 0 Å². The van der Waals surface area contributed by atoms with Crippen molar-refractivity contribution in [2.24, 2.45) is 4.99 Å². The Morgan fingerprint density at radius 1 is 1.15 bits per heavy atom. The molecule has 1 saturated heterocycles. The molecule has 3 nitrogen and oxygen atoms in total. The van der Waals surface area contributed by atoms with Crippen molar-refractivity contribution >= 4 is 5.96 Å². The molecule has 0 radical (unpaired) electrons. The van der Waals surface area contributed by atoms with Crippen LogP contribution in [0.3, 0.4) is 0 Å². The van der Waals surface area contributed by atoms with Crippen molar-refractivity contribution < 1.29 is 0 Å². The zero-order valence-electron chi connectivity index (χ0n) is 9.25. The van der Waals surface area contributed by atoms with E-state index in [2.05, 4.69) is 42.5 Å². The molecular weight excluding hydrogens is 162 g/mol. The van der Waals surface area contributed by atoms with E-state index in [0.29, 0.717) is 6.04 Å². The first kappa shape index (κ1) is 10.4. The summed E-state index contributed by atoms with van der Waals surface area (Å²) in [5.41, 5.74) is 0. The largest absolute Gasteiger partial charge is 0.341 e. The van der Waals surface area contributed by atoms with E-state index in [4.69, 9.17) is 0 Å². The molecule has 0 aromatic rings. The van der Waals surface area contributed by atoms with Gasteiger partial charge in [0.1, 0.15) is 0 Å². The fourth-order valence-corrected chi connectivity index (χ4v) is 1.63. The quantitative estimate of drug-likeness (QED) is 0.659. The molecule has 3 heteroatoms. The third-order valence-electron chi connectivity index (χ3n) is 2.34. The Morgan fingerprint density at radius 3 is 1.92 bits per heavy atom. The Balaban J connectivity index is 2.73. The van der Waals surface area contributed by atoms with E-state index in [9.17, 15) is 0 Å². The maximum absolute atomic E-state index is 4.65. The van der Waals surface area contributed by atoms with Gasteiger partial charge < -0.3 is 9.80 Å². The molecule has 0 amide bonds. The summed E-state index contributed by atoms with van der Waals surface area (Å²) in [6.45, 7) is 13.1. The first-order chi connectivity index (χ1) is 6.19. The molecule has 1 heterocycles. The molecule has 0 aromatic carbocycles. The van der Waals surface area contributed by atoms with Gasteiger partial charge in [0.05, 0.1) is 0 Å². The second-order valence-electron chi connectivity index (χ2n) is 3.68. The highest BCUT2D eigenvalue weighted by atomic mass is 15.4. The second-order valence-corrected chi connectivity index (χ2v) is 3.68. The lowest BCUT2D eigenvalue weighted by molar-refractivity contribution is 0.483. The Hall–Kier alpha value is -0.730. The van der Waals surface area contributed by atoms with Gasteiger partial charge in [0.2, 0.25) is 0 Å². The highest BCUT2D eigenvalue weighted by molar-refractivity contribution is 5.82. The molecule has 1 aliphatic heterocycles. The molecule has 0 unspecified atom stereocenters. The van der Waals surface area contributed by atoms with Gasteiger partial charge in [-0.05, 0) is 27.7 Å². The van der Waals surface area contributed by atoms with Gasteiger partial charge in [0, 0.05) is 32.2 Å². The van der Waals surface area contributed by atoms with Crippen LogP contribution >= 0.6 is 0 Å². The highest BCUT2D eigenvalue weighted by Gasteiger charge is 2.23. The van der Waals surface area contributed by atoms with E-state index in [1.165, 1.54) is 5.96 Å². The monoisotopic (exact) mass is 183 g/mol. The minimum Gasteiger partial charge on any atom is -0.341 e. The first-order valence-corrected chi connectivity index (χ1v) is 5.26. The van der Waals surface area contributed by atoms with Crippen LogP contribution in [0, 0.1) is 0 Å². The number of hydrogen-bond acceptors (Lipinski definition) is 1. The van der Waals surface area contributed by atoms with Crippen LogP contribution < -0.4 is 0 Å². The molecule has 76 valence electrons. The van der Waals surface area contributed by atoms with Gasteiger partial charge in [0.15, 0.2) is 5.96 Å². The lowest BCUT2D eigenvalue weighted by Gasteiger charge is -2.21. The number of aliphatic imine (C=N–C) groups is 1. The summed E-state index contributed by atoms with van der Waals surface area (Å²) in [4.78, 5) is 9.35. The Labute approximate surface area is 81.4 Å². The van der Waals surface area contributed by atoms with Crippen LogP contribution in [0.5, 0.6) is 0 Å². The smallest absolute Gasteiger partial charge is 0.196 e. The third kappa shape index (κ3) is 2.36. The number of likely N-dealkylation sites (N-methyl/N-ethyl adjacent to an activating group) is 2. The van der Waals surface area contributed by atoms with Crippen LogP contribution in [-0.4, -0.2) is 48.0 Å². The van der Waals surface area contributed by atoms with Crippen LogP contribution in [0.15, 0.2) is 4.99 Å². The highest BCUT2D eigenvalue weighted by Crippen LogP contribution is 2.09. The van der Waals surface area contributed by atoms with Crippen LogP contribution in [-0.2, 0) is 0 Å². The number of rotatable bonds is 3. The Morgan fingerprint density at radius 2 is 1.62 bits per heavy atom. The minimum atomic E-state index is 0.399. The van der Waals surface area contributed by atoms with E-state index in [1.54, 1.807) is 0 Å². The molecule has 13 heavy (non-hydrogen) atoms. The van der Waals surface area contributed by atoms with Gasteiger partial charge in [-0.15, -0.1) is 0 Å². The van der Waals surface area contributed by atoms with Crippen molar-refractivity contribution in [1.82, 2.24) is 9.80 Å². The summed E-state index contributed by atoms with van der Waals surface area (Å²) in [5, 5.41) is 0. The molecule has 0 bridgehead atoms. The van der Waals surface area contributed by atoms with E-state index in [-0.39, 0.29) is 0 Å². The van der Waals surface area contributed by atoms with Gasteiger partial charge in [-0.2, -0.15) is 0 Å². The van der Waals surface area contributed by atoms with Crippen molar-refractivity contribution in [3.63, 3.8) is 0 Å². The summed E-state index contributed by atoms with van der Waals surface area (Å²) < 4.78 is 0. The second kappa shape index (κ2) is 4.49. The maximum atomic E-state index is 4.65. The summed E-state index contributed by atoms with van der Waals surface area (Å²) in [6, 6.07) is 0.399. The molecule has 1 aliphatic rings. The van der Waals surface area contributed by atoms with Gasteiger partial charge in [-0.1, -0.05) is 0 Å². The molecule has 0 saturated carbocycles. The van der Waals surface area contributed by atoms with Crippen LogP contribution in [0.1, 0.15) is 27.7 Å². The van der Waals surface area contributed by atoms with Gasteiger partial charge in [0.25, 0.3) is 0 Å². The number of nitrogens with zero attached hydrogens (tertiary/aromatic N) is 3. The lowest BCUT2D eigenvalue weighted by atomic mass is 10.4. The Kier molecular flexibility index (Phi) is 3.58. The fraction of sp³-hybridized carbons (Fsp3) is 0.900. The topological polar surface area (TPSA) is 18.8 Å². The molecular formula is C10H21N3. The molecule has 0 aromatic heterocycles. The summed E-state index contributed by atoms with van der Waals surface area (Å²) in [7, 11) is 0. The van der Waals surface area contributed by atoms with Crippen molar-refractivity contribution in [2.75, 3.05) is 26.2 Å². The first-order valence-electron chi connectivity index (χ1n) is 5.26.